The van der Waals surface area contributed by atoms with Crippen LogP contribution in [0.25, 0.3) is 0 Å². The van der Waals surface area contributed by atoms with E-state index < -0.39 is 35.7 Å². The van der Waals surface area contributed by atoms with E-state index in [4.69, 9.17) is 0 Å². The Bertz CT molecular complexity index is 1060. The third-order valence-corrected chi connectivity index (χ3v) is 4.63. The Balaban J connectivity index is 1.91. The summed E-state index contributed by atoms with van der Waals surface area (Å²) < 4.78 is 43.5. The maximum absolute atomic E-state index is 13.0. The SMILES string of the molecule is COC(=O)c1ccc([C@@H]2NC(=O)NC(C)=C2C(=O)Nc2cccc(C(F)(F)F)c2)cc1. The predicted octanol–water partition coefficient (Wildman–Crippen LogP) is 3.76. The number of benzene rings is 2. The van der Waals surface area contributed by atoms with E-state index >= 15 is 0 Å². The van der Waals surface area contributed by atoms with E-state index in [2.05, 4.69) is 20.7 Å². The molecule has 0 aromatic heterocycles. The lowest BCUT2D eigenvalue weighted by Gasteiger charge is -2.28. The summed E-state index contributed by atoms with van der Waals surface area (Å²) >= 11 is 0. The molecule has 3 amide bonds. The molecule has 1 atom stereocenters. The first-order valence-corrected chi connectivity index (χ1v) is 9.05. The molecule has 1 aliphatic heterocycles. The van der Waals surface area contributed by atoms with Gasteiger partial charge in [-0.1, -0.05) is 18.2 Å². The van der Waals surface area contributed by atoms with Crippen LogP contribution < -0.4 is 16.0 Å². The smallest absolute Gasteiger partial charge is 0.416 e. The number of hydrogen-bond acceptors (Lipinski definition) is 4. The average molecular weight is 433 g/mol. The normalized spacial score (nSPS) is 16.3. The number of allylic oxidation sites excluding steroid dienone is 1. The molecule has 31 heavy (non-hydrogen) atoms. The second-order valence-corrected chi connectivity index (χ2v) is 6.72. The quantitative estimate of drug-likeness (QED) is 0.640. The first-order chi connectivity index (χ1) is 14.6. The van der Waals surface area contributed by atoms with Crippen LogP contribution in [0.15, 0.2) is 59.8 Å². The Morgan fingerprint density at radius 1 is 1.10 bits per heavy atom. The van der Waals surface area contributed by atoms with Crippen molar-refractivity contribution in [3.8, 4) is 0 Å². The standard InChI is InChI=1S/C21H18F3N3O4/c1-11-16(18(28)26-15-5-3-4-14(10-15)21(22,23)24)17(27-20(30)25-11)12-6-8-13(9-7-12)19(29)31-2/h3-10,17H,1-2H3,(H,26,28)(H2,25,27,30)/t17-/m0/s1. The second kappa shape index (κ2) is 8.50. The first-order valence-electron chi connectivity index (χ1n) is 9.05. The fourth-order valence-corrected chi connectivity index (χ4v) is 3.15. The van der Waals surface area contributed by atoms with Gasteiger partial charge in [0.25, 0.3) is 5.91 Å². The van der Waals surface area contributed by atoms with Crippen LogP contribution in [0.4, 0.5) is 23.7 Å². The highest BCUT2D eigenvalue weighted by Gasteiger charge is 2.33. The number of esters is 1. The van der Waals surface area contributed by atoms with Gasteiger partial charge in [-0.3, -0.25) is 4.79 Å². The Morgan fingerprint density at radius 2 is 1.77 bits per heavy atom. The molecule has 0 saturated carbocycles. The number of anilines is 1. The lowest BCUT2D eigenvalue weighted by molar-refractivity contribution is -0.137. The van der Waals surface area contributed by atoms with Gasteiger partial charge in [0.1, 0.15) is 0 Å². The van der Waals surface area contributed by atoms with E-state index in [-0.39, 0.29) is 22.5 Å². The molecule has 0 unspecified atom stereocenters. The summed E-state index contributed by atoms with van der Waals surface area (Å²) in [4.78, 5) is 36.5. The van der Waals surface area contributed by atoms with Gasteiger partial charge in [-0.25, -0.2) is 9.59 Å². The van der Waals surface area contributed by atoms with Crippen molar-refractivity contribution in [3.63, 3.8) is 0 Å². The van der Waals surface area contributed by atoms with Crippen LogP contribution in [0.1, 0.15) is 34.5 Å². The number of methoxy groups -OCH3 is 1. The minimum atomic E-state index is -4.56. The molecule has 0 bridgehead atoms. The number of nitrogens with one attached hydrogen (secondary N) is 3. The molecule has 7 nitrogen and oxygen atoms in total. The molecule has 2 aromatic rings. The number of carbonyl (C=O) groups is 3. The molecule has 1 aliphatic rings. The third kappa shape index (κ3) is 4.85. The third-order valence-electron chi connectivity index (χ3n) is 4.63. The van der Waals surface area contributed by atoms with Gasteiger partial charge in [0.15, 0.2) is 0 Å². The first kappa shape index (κ1) is 21.9. The van der Waals surface area contributed by atoms with Crippen molar-refractivity contribution < 1.29 is 32.3 Å². The van der Waals surface area contributed by atoms with Crippen LogP contribution >= 0.6 is 0 Å². The van der Waals surface area contributed by atoms with Crippen LogP contribution in [0.5, 0.6) is 0 Å². The Labute approximate surface area is 175 Å². The van der Waals surface area contributed by atoms with Gasteiger partial charge in [-0.05, 0) is 42.8 Å². The fourth-order valence-electron chi connectivity index (χ4n) is 3.15. The summed E-state index contributed by atoms with van der Waals surface area (Å²) in [6, 6.07) is 8.86. The molecule has 1 heterocycles. The lowest BCUT2D eigenvalue weighted by Crippen LogP contribution is -2.46. The van der Waals surface area contributed by atoms with Gasteiger partial charge in [0.2, 0.25) is 0 Å². The van der Waals surface area contributed by atoms with Gasteiger partial charge in [0.05, 0.1) is 29.9 Å². The number of carbonyl (C=O) groups excluding carboxylic acids is 3. The van der Waals surface area contributed by atoms with Crippen molar-refractivity contribution in [2.24, 2.45) is 0 Å². The maximum Gasteiger partial charge on any atom is 0.416 e. The highest BCUT2D eigenvalue weighted by molar-refractivity contribution is 6.06. The van der Waals surface area contributed by atoms with Crippen LogP contribution in [0.2, 0.25) is 0 Å². The zero-order valence-electron chi connectivity index (χ0n) is 16.5. The van der Waals surface area contributed by atoms with Crippen LogP contribution in [-0.4, -0.2) is 25.0 Å². The summed E-state index contributed by atoms with van der Waals surface area (Å²) in [6.45, 7) is 1.51. The van der Waals surface area contributed by atoms with E-state index in [0.717, 1.165) is 12.1 Å². The van der Waals surface area contributed by atoms with E-state index in [1.165, 1.54) is 38.3 Å². The highest BCUT2D eigenvalue weighted by atomic mass is 19.4. The molecule has 0 fully saturated rings. The number of alkyl halides is 3. The number of hydrogen-bond donors (Lipinski definition) is 3. The van der Waals surface area contributed by atoms with Crippen LogP contribution in [0, 0.1) is 0 Å². The summed E-state index contributed by atoms with van der Waals surface area (Å²) in [6.07, 6.45) is -4.56. The highest BCUT2D eigenvalue weighted by Crippen LogP contribution is 2.32. The van der Waals surface area contributed by atoms with E-state index in [1.807, 2.05) is 0 Å². The molecule has 0 radical (unpaired) electrons. The van der Waals surface area contributed by atoms with Crippen molar-refractivity contribution in [2.45, 2.75) is 19.1 Å². The molecule has 0 saturated heterocycles. The second-order valence-electron chi connectivity index (χ2n) is 6.72. The summed E-state index contributed by atoms with van der Waals surface area (Å²) in [7, 11) is 1.24. The minimum Gasteiger partial charge on any atom is -0.465 e. The molecule has 162 valence electrons. The molecule has 3 rings (SSSR count). The summed E-state index contributed by atoms with van der Waals surface area (Å²) in [5.74, 6) is -1.23. The Kier molecular flexibility index (Phi) is 6.00. The number of halogens is 3. The van der Waals surface area contributed by atoms with E-state index in [0.29, 0.717) is 5.56 Å². The van der Waals surface area contributed by atoms with Gasteiger partial charge < -0.3 is 20.7 Å². The molecule has 3 N–H and O–H groups in total. The van der Waals surface area contributed by atoms with Crippen molar-refractivity contribution in [1.82, 2.24) is 10.6 Å². The van der Waals surface area contributed by atoms with E-state index in [1.54, 1.807) is 12.1 Å². The number of ether oxygens (including phenoxy) is 1. The lowest BCUT2D eigenvalue weighted by atomic mass is 9.94. The predicted molar refractivity (Wildman–Crippen MR) is 105 cm³/mol. The minimum absolute atomic E-state index is 0.0446. The van der Waals surface area contributed by atoms with Crippen molar-refractivity contribution >= 4 is 23.6 Å². The molecular weight excluding hydrogens is 415 g/mol. The van der Waals surface area contributed by atoms with E-state index in [9.17, 15) is 27.6 Å². The van der Waals surface area contributed by atoms with Crippen LogP contribution in [-0.2, 0) is 15.7 Å². The van der Waals surface area contributed by atoms with Crippen molar-refractivity contribution in [1.29, 1.82) is 0 Å². The van der Waals surface area contributed by atoms with Crippen molar-refractivity contribution in [2.75, 3.05) is 12.4 Å². The average Bonchev–Trinajstić information content (AvgIpc) is 2.72. The van der Waals surface area contributed by atoms with Gasteiger partial charge in [-0.2, -0.15) is 13.2 Å². The van der Waals surface area contributed by atoms with Crippen molar-refractivity contribution in [3.05, 3.63) is 76.5 Å². The Morgan fingerprint density at radius 3 is 2.39 bits per heavy atom. The van der Waals surface area contributed by atoms with Gasteiger partial charge in [0, 0.05) is 11.4 Å². The number of amides is 3. The molecular formula is C21H18F3N3O4. The zero-order valence-corrected chi connectivity index (χ0v) is 16.5. The monoisotopic (exact) mass is 433 g/mol. The molecule has 10 heteroatoms. The topological polar surface area (TPSA) is 96.5 Å². The molecule has 2 aromatic carbocycles. The summed E-state index contributed by atoms with van der Waals surface area (Å²) in [5, 5.41) is 7.54. The summed E-state index contributed by atoms with van der Waals surface area (Å²) in [5.41, 5.74) is 0.189. The maximum atomic E-state index is 13.0. The largest absolute Gasteiger partial charge is 0.465 e. The van der Waals surface area contributed by atoms with Crippen LogP contribution in [0.3, 0.4) is 0 Å². The van der Waals surface area contributed by atoms with Gasteiger partial charge >= 0.3 is 18.2 Å². The number of rotatable bonds is 4. The fraction of sp³-hybridized carbons (Fsp3) is 0.190. The number of urea groups is 1. The zero-order chi connectivity index (χ0) is 22.8. The Hall–Kier alpha value is -3.82. The molecule has 0 aliphatic carbocycles. The van der Waals surface area contributed by atoms with Gasteiger partial charge in [-0.15, -0.1) is 0 Å². The molecule has 0 spiro atoms.